The minimum atomic E-state index is -4.00. The number of anilines is 1. The molecule has 0 atom stereocenters. The van der Waals surface area contributed by atoms with E-state index >= 15 is 0 Å². The van der Waals surface area contributed by atoms with E-state index in [2.05, 4.69) is 40.9 Å². The van der Waals surface area contributed by atoms with Crippen molar-refractivity contribution in [3.05, 3.63) is 138 Å². The van der Waals surface area contributed by atoms with Crippen molar-refractivity contribution in [2.45, 2.75) is 25.3 Å². The molecule has 1 N–H and O–H groups in total. The molecule has 7 nitrogen and oxygen atoms in total. The van der Waals surface area contributed by atoms with Crippen molar-refractivity contribution in [2.75, 3.05) is 10.8 Å². The molecule has 0 unspecified atom stereocenters. The Balaban J connectivity index is 1.21. The Morgan fingerprint density at radius 1 is 0.833 bits per heavy atom. The van der Waals surface area contributed by atoms with Gasteiger partial charge in [-0.05, 0) is 89.8 Å². The standard InChI is InChI=1S/C34H31N3O4S/c1-25-11-19-32(20-12-25)42(39,40)37(33-10-6-3-7-26(33)2)23-34(38)36-35-22-27-14-17-31(18-15-27)41-24-28-13-16-29-8-4-5-9-30(29)21-28/h3-22H,23-24H2,1-2H3,(H,36,38)/b35-22-. The fourth-order valence-electron chi connectivity index (χ4n) is 4.47. The predicted octanol–water partition coefficient (Wildman–Crippen LogP) is 6.38. The molecule has 0 saturated heterocycles. The van der Waals surface area contributed by atoms with E-state index in [-0.39, 0.29) is 4.90 Å². The van der Waals surface area contributed by atoms with Gasteiger partial charge in [0.25, 0.3) is 15.9 Å². The van der Waals surface area contributed by atoms with E-state index in [1.165, 1.54) is 17.0 Å². The first-order valence-electron chi connectivity index (χ1n) is 13.5. The Hall–Kier alpha value is -4.95. The molecule has 0 heterocycles. The number of sulfonamides is 1. The average molecular weight is 578 g/mol. The van der Waals surface area contributed by atoms with Crippen LogP contribution in [-0.2, 0) is 21.4 Å². The van der Waals surface area contributed by atoms with Crippen LogP contribution in [0.1, 0.15) is 22.3 Å². The number of hydrogen-bond acceptors (Lipinski definition) is 5. The molecule has 0 bridgehead atoms. The number of para-hydroxylation sites is 1. The van der Waals surface area contributed by atoms with Crippen molar-refractivity contribution >= 4 is 38.6 Å². The van der Waals surface area contributed by atoms with Crippen molar-refractivity contribution in [3.8, 4) is 5.75 Å². The number of hydrogen-bond donors (Lipinski definition) is 1. The number of carbonyl (C=O) groups excluding carboxylic acids is 1. The number of ether oxygens (including phenoxy) is 1. The second-order valence-corrected chi connectivity index (χ2v) is 11.8. The van der Waals surface area contributed by atoms with Crippen LogP contribution in [0.15, 0.2) is 125 Å². The maximum atomic E-state index is 13.6. The SMILES string of the molecule is Cc1ccc(S(=O)(=O)N(CC(=O)N/N=C\c2ccc(OCc3ccc4ccccc4c3)cc2)c2ccccc2C)cc1. The lowest BCUT2D eigenvalue weighted by atomic mass is 10.1. The quantitative estimate of drug-likeness (QED) is 0.154. The highest BCUT2D eigenvalue weighted by molar-refractivity contribution is 7.92. The van der Waals surface area contributed by atoms with Gasteiger partial charge < -0.3 is 4.74 Å². The van der Waals surface area contributed by atoms with Crippen molar-refractivity contribution in [1.82, 2.24) is 5.43 Å². The summed E-state index contributed by atoms with van der Waals surface area (Å²) in [6, 6.07) is 35.4. The molecule has 0 aliphatic rings. The molecule has 0 aliphatic heterocycles. The molecule has 0 fully saturated rings. The van der Waals surface area contributed by atoms with E-state index in [0.29, 0.717) is 18.0 Å². The van der Waals surface area contributed by atoms with Crippen LogP contribution in [0.4, 0.5) is 5.69 Å². The zero-order chi connectivity index (χ0) is 29.5. The lowest BCUT2D eigenvalue weighted by Gasteiger charge is -2.25. The van der Waals surface area contributed by atoms with E-state index in [4.69, 9.17) is 4.74 Å². The van der Waals surface area contributed by atoms with Gasteiger partial charge in [-0.25, -0.2) is 13.8 Å². The smallest absolute Gasteiger partial charge is 0.264 e. The molecular weight excluding hydrogens is 546 g/mol. The van der Waals surface area contributed by atoms with Gasteiger partial charge >= 0.3 is 0 Å². The first-order valence-corrected chi connectivity index (χ1v) is 14.9. The number of nitrogens with zero attached hydrogens (tertiary/aromatic N) is 2. The number of carbonyl (C=O) groups is 1. The molecule has 0 spiro atoms. The highest BCUT2D eigenvalue weighted by Gasteiger charge is 2.28. The molecule has 212 valence electrons. The van der Waals surface area contributed by atoms with Crippen LogP contribution < -0.4 is 14.5 Å². The number of hydrazone groups is 1. The van der Waals surface area contributed by atoms with E-state index in [1.807, 2.05) is 49.4 Å². The van der Waals surface area contributed by atoms with Crippen molar-refractivity contribution < 1.29 is 17.9 Å². The van der Waals surface area contributed by atoms with E-state index in [9.17, 15) is 13.2 Å². The number of aryl methyl sites for hydroxylation is 2. The van der Waals surface area contributed by atoms with Crippen LogP contribution in [0.25, 0.3) is 10.8 Å². The molecule has 5 aromatic carbocycles. The highest BCUT2D eigenvalue weighted by atomic mass is 32.2. The third-order valence-corrected chi connectivity index (χ3v) is 8.56. The van der Waals surface area contributed by atoms with Gasteiger partial charge in [-0.15, -0.1) is 0 Å². The first-order chi connectivity index (χ1) is 20.3. The maximum absolute atomic E-state index is 13.6. The molecule has 5 aromatic rings. The molecule has 42 heavy (non-hydrogen) atoms. The fourth-order valence-corrected chi connectivity index (χ4v) is 5.96. The summed E-state index contributed by atoms with van der Waals surface area (Å²) in [5, 5.41) is 6.40. The van der Waals surface area contributed by atoms with Crippen LogP contribution >= 0.6 is 0 Å². The molecule has 0 saturated carbocycles. The average Bonchev–Trinajstić information content (AvgIpc) is 3.00. The fraction of sp³-hybridized carbons (Fsp3) is 0.118. The van der Waals surface area contributed by atoms with Gasteiger partial charge in [-0.1, -0.05) is 72.3 Å². The minimum absolute atomic E-state index is 0.107. The van der Waals surface area contributed by atoms with Crippen molar-refractivity contribution in [2.24, 2.45) is 5.10 Å². The molecule has 1 amide bonds. The lowest BCUT2D eigenvalue weighted by molar-refractivity contribution is -0.119. The van der Waals surface area contributed by atoms with Gasteiger partial charge in [0.2, 0.25) is 0 Å². The number of nitrogens with one attached hydrogen (secondary N) is 1. The summed E-state index contributed by atoms with van der Waals surface area (Å²) in [6.07, 6.45) is 1.50. The molecule has 0 radical (unpaired) electrons. The summed E-state index contributed by atoms with van der Waals surface area (Å²) in [4.78, 5) is 13.0. The number of fused-ring (bicyclic) bond motifs is 1. The van der Waals surface area contributed by atoms with Gasteiger partial charge in [0.05, 0.1) is 16.8 Å². The summed E-state index contributed by atoms with van der Waals surface area (Å²) in [6.45, 7) is 3.70. The number of rotatable bonds is 10. The largest absolute Gasteiger partial charge is 0.489 e. The number of amides is 1. The molecule has 5 rings (SSSR count). The van der Waals surface area contributed by atoms with Gasteiger partial charge in [-0.3, -0.25) is 9.10 Å². The Morgan fingerprint density at radius 2 is 1.52 bits per heavy atom. The van der Waals surface area contributed by atoms with Gasteiger partial charge in [0.1, 0.15) is 18.9 Å². The summed E-state index contributed by atoms with van der Waals surface area (Å²) in [5.74, 6) is 0.139. The third kappa shape index (κ3) is 6.85. The second kappa shape index (κ2) is 12.7. The zero-order valence-electron chi connectivity index (χ0n) is 23.4. The topological polar surface area (TPSA) is 88.1 Å². The lowest BCUT2D eigenvalue weighted by Crippen LogP contribution is -2.40. The summed E-state index contributed by atoms with van der Waals surface area (Å²) < 4.78 is 34.2. The second-order valence-electron chi connectivity index (χ2n) is 9.94. The van der Waals surface area contributed by atoms with Crippen LogP contribution in [0.3, 0.4) is 0 Å². The van der Waals surface area contributed by atoms with E-state index < -0.39 is 22.5 Å². The maximum Gasteiger partial charge on any atom is 0.264 e. The molecule has 8 heteroatoms. The van der Waals surface area contributed by atoms with Crippen LogP contribution in [0.2, 0.25) is 0 Å². The first kappa shape index (κ1) is 28.6. The molecular formula is C34H31N3O4S. The summed E-state index contributed by atoms with van der Waals surface area (Å²) >= 11 is 0. The molecule has 0 aliphatic carbocycles. The summed E-state index contributed by atoms with van der Waals surface area (Å²) in [5.41, 5.74) is 6.37. The normalized spacial score (nSPS) is 11.5. The zero-order valence-corrected chi connectivity index (χ0v) is 24.2. The third-order valence-electron chi connectivity index (χ3n) is 6.78. The Bertz CT molecular complexity index is 1830. The van der Waals surface area contributed by atoms with Gasteiger partial charge in [0, 0.05) is 0 Å². The predicted molar refractivity (Wildman–Crippen MR) is 167 cm³/mol. The van der Waals surface area contributed by atoms with Crippen LogP contribution in [-0.4, -0.2) is 27.1 Å². The van der Waals surface area contributed by atoms with Crippen molar-refractivity contribution in [1.29, 1.82) is 0 Å². The van der Waals surface area contributed by atoms with Crippen LogP contribution in [0.5, 0.6) is 5.75 Å². The van der Waals surface area contributed by atoms with Gasteiger partial charge in [-0.2, -0.15) is 5.10 Å². The van der Waals surface area contributed by atoms with E-state index in [0.717, 1.165) is 26.6 Å². The monoisotopic (exact) mass is 577 g/mol. The number of benzene rings is 5. The van der Waals surface area contributed by atoms with Crippen molar-refractivity contribution in [3.63, 3.8) is 0 Å². The Morgan fingerprint density at radius 3 is 2.26 bits per heavy atom. The Kier molecular flexibility index (Phi) is 8.64. The minimum Gasteiger partial charge on any atom is -0.489 e. The van der Waals surface area contributed by atoms with Crippen LogP contribution in [0, 0.1) is 13.8 Å². The van der Waals surface area contributed by atoms with Gasteiger partial charge in [0.15, 0.2) is 0 Å². The summed E-state index contributed by atoms with van der Waals surface area (Å²) in [7, 11) is -4.00. The van der Waals surface area contributed by atoms with E-state index in [1.54, 1.807) is 49.4 Å². The highest BCUT2D eigenvalue weighted by Crippen LogP contribution is 2.27. The molecule has 0 aromatic heterocycles. The Labute approximate surface area is 246 Å².